The van der Waals surface area contributed by atoms with Crippen molar-refractivity contribution in [2.24, 2.45) is 0 Å². The Hall–Kier alpha value is -1.63. The molecular formula is C14H26N6O. The molecule has 1 aliphatic rings. The quantitative estimate of drug-likeness (QED) is 0.811. The van der Waals surface area contributed by atoms with Crippen LogP contribution in [0.4, 0.5) is 11.9 Å². The van der Waals surface area contributed by atoms with E-state index in [-0.39, 0.29) is 0 Å². The molecule has 1 N–H and O–H groups in total. The van der Waals surface area contributed by atoms with Gasteiger partial charge in [-0.2, -0.15) is 15.0 Å². The van der Waals surface area contributed by atoms with Gasteiger partial charge in [-0.3, -0.25) is 4.90 Å². The summed E-state index contributed by atoms with van der Waals surface area (Å²) in [5.74, 6) is 1.19. The summed E-state index contributed by atoms with van der Waals surface area (Å²) in [6, 6.07) is 0.947. The SMILES string of the molecule is CCOc1nc(NC)nc(N(C)CC2CCCN2CC)n1. The molecule has 0 aliphatic carbocycles. The number of hydrogen-bond acceptors (Lipinski definition) is 7. The maximum absolute atomic E-state index is 5.41. The molecule has 118 valence electrons. The Labute approximate surface area is 126 Å². The maximum atomic E-state index is 5.41. The minimum atomic E-state index is 0.373. The van der Waals surface area contributed by atoms with Gasteiger partial charge in [0.05, 0.1) is 6.61 Å². The fourth-order valence-corrected chi connectivity index (χ4v) is 2.74. The normalized spacial score (nSPS) is 18.8. The van der Waals surface area contributed by atoms with Gasteiger partial charge in [-0.1, -0.05) is 6.92 Å². The molecule has 0 saturated carbocycles. The third-order valence-corrected chi connectivity index (χ3v) is 3.83. The molecule has 1 unspecified atom stereocenters. The second-order valence-corrected chi connectivity index (χ2v) is 5.23. The van der Waals surface area contributed by atoms with Crippen molar-refractivity contribution in [1.82, 2.24) is 19.9 Å². The van der Waals surface area contributed by atoms with Crippen molar-refractivity contribution in [1.29, 1.82) is 0 Å². The second kappa shape index (κ2) is 7.40. The summed E-state index contributed by atoms with van der Waals surface area (Å²) in [6.07, 6.45) is 2.51. The smallest absolute Gasteiger partial charge is 0.323 e. The van der Waals surface area contributed by atoms with Crippen molar-refractivity contribution in [3.05, 3.63) is 0 Å². The van der Waals surface area contributed by atoms with Gasteiger partial charge in [-0.25, -0.2) is 0 Å². The molecule has 2 heterocycles. The van der Waals surface area contributed by atoms with Gasteiger partial charge in [0.25, 0.3) is 0 Å². The van der Waals surface area contributed by atoms with Gasteiger partial charge in [-0.15, -0.1) is 0 Å². The zero-order chi connectivity index (χ0) is 15.2. The highest BCUT2D eigenvalue weighted by molar-refractivity contribution is 5.37. The van der Waals surface area contributed by atoms with Crippen LogP contribution in [-0.2, 0) is 0 Å². The predicted molar refractivity (Wildman–Crippen MR) is 84.1 cm³/mol. The number of aromatic nitrogens is 3. The van der Waals surface area contributed by atoms with E-state index in [4.69, 9.17) is 4.74 Å². The van der Waals surface area contributed by atoms with Crippen molar-refractivity contribution in [2.75, 3.05) is 50.6 Å². The summed E-state index contributed by atoms with van der Waals surface area (Å²) >= 11 is 0. The molecule has 1 atom stereocenters. The molecule has 7 heteroatoms. The third kappa shape index (κ3) is 3.93. The Morgan fingerprint density at radius 3 is 2.81 bits per heavy atom. The van der Waals surface area contributed by atoms with Crippen LogP contribution < -0.4 is 15.0 Å². The van der Waals surface area contributed by atoms with Crippen molar-refractivity contribution >= 4 is 11.9 Å². The summed E-state index contributed by atoms with van der Waals surface area (Å²) < 4.78 is 5.41. The molecule has 21 heavy (non-hydrogen) atoms. The van der Waals surface area contributed by atoms with Crippen molar-refractivity contribution in [3.8, 4) is 6.01 Å². The fraction of sp³-hybridized carbons (Fsp3) is 0.786. The van der Waals surface area contributed by atoms with E-state index in [1.807, 2.05) is 14.0 Å². The van der Waals surface area contributed by atoms with E-state index >= 15 is 0 Å². The average Bonchev–Trinajstić information content (AvgIpc) is 2.94. The summed E-state index contributed by atoms with van der Waals surface area (Å²) in [5, 5.41) is 2.96. The van der Waals surface area contributed by atoms with Crippen LogP contribution in [0.15, 0.2) is 0 Å². The molecule has 1 saturated heterocycles. The van der Waals surface area contributed by atoms with Crippen molar-refractivity contribution < 1.29 is 4.74 Å². The maximum Gasteiger partial charge on any atom is 0.323 e. The van der Waals surface area contributed by atoms with Gasteiger partial charge in [-0.05, 0) is 32.9 Å². The van der Waals surface area contributed by atoms with E-state index in [1.54, 1.807) is 7.05 Å². The fourth-order valence-electron chi connectivity index (χ4n) is 2.74. The van der Waals surface area contributed by atoms with Gasteiger partial charge >= 0.3 is 6.01 Å². The lowest BCUT2D eigenvalue weighted by molar-refractivity contribution is 0.269. The minimum Gasteiger partial charge on any atom is -0.464 e. The Kier molecular flexibility index (Phi) is 5.55. The van der Waals surface area contributed by atoms with Gasteiger partial charge in [0.1, 0.15) is 0 Å². The van der Waals surface area contributed by atoms with E-state index in [0.29, 0.717) is 30.6 Å². The number of anilines is 2. The lowest BCUT2D eigenvalue weighted by Crippen LogP contribution is -2.39. The molecule has 2 rings (SSSR count). The van der Waals surface area contributed by atoms with Crippen LogP contribution in [0.5, 0.6) is 6.01 Å². The van der Waals surface area contributed by atoms with Gasteiger partial charge in [0.2, 0.25) is 11.9 Å². The van der Waals surface area contributed by atoms with Crippen LogP contribution >= 0.6 is 0 Å². The van der Waals surface area contributed by atoms with Gasteiger partial charge < -0.3 is 15.0 Å². The number of nitrogens with zero attached hydrogens (tertiary/aromatic N) is 5. The number of likely N-dealkylation sites (tertiary alicyclic amines) is 1. The first kappa shape index (κ1) is 15.8. The van der Waals surface area contributed by atoms with E-state index < -0.39 is 0 Å². The Morgan fingerprint density at radius 2 is 2.14 bits per heavy atom. The Morgan fingerprint density at radius 1 is 1.33 bits per heavy atom. The van der Waals surface area contributed by atoms with Crippen molar-refractivity contribution in [2.45, 2.75) is 32.7 Å². The summed E-state index contributed by atoms with van der Waals surface area (Å²) in [4.78, 5) is 17.6. The number of nitrogens with one attached hydrogen (secondary N) is 1. The van der Waals surface area contributed by atoms with E-state index in [1.165, 1.54) is 19.4 Å². The minimum absolute atomic E-state index is 0.373. The van der Waals surface area contributed by atoms with Crippen LogP contribution in [0.1, 0.15) is 26.7 Å². The second-order valence-electron chi connectivity index (χ2n) is 5.23. The number of likely N-dealkylation sites (N-methyl/N-ethyl adjacent to an activating group) is 2. The molecule has 0 radical (unpaired) electrons. The van der Waals surface area contributed by atoms with Gasteiger partial charge in [0, 0.05) is 26.7 Å². The summed E-state index contributed by atoms with van der Waals surface area (Å²) in [6.45, 7) is 7.90. The van der Waals surface area contributed by atoms with Crippen molar-refractivity contribution in [3.63, 3.8) is 0 Å². The van der Waals surface area contributed by atoms with Crippen LogP contribution in [0, 0.1) is 0 Å². The lowest BCUT2D eigenvalue weighted by Gasteiger charge is -2.27. The highest BCUT2D eigenvalue weighted by atomic mass is 16.5. The molecule has 0 spiro atoms. The average molecular weight is 294 g/mol. The first-order valence-corrected chi connectivity index (χ1v) is 7.69. The Balaban J connectivity index is 2.10. The number of hydrogen-bond donors (Lipinski definition) is 1. The molecule has 0 amide bonds. The molecule has 1 fully saturated rings. The van der Waals surface area contributed by atoms with Crippen LogP contribution in [0.2, 0.25) is 0 Å². The molecule has 7 nitrogen and oxygen atoms in total. The topological polar surface area (TPSA) is 66.4 Å². The zero-order valence-corrected chi connectivity index (χ0v) is 13.5. The number of ether oxygens (including phenoxy) is 1. The molecule has 1 aromatic rings. The molecular weight excluding hydrogens is 268 g/mol. The monoisotopic (exact) mass is 294 g/mol. The lowest BCUT2D eigenvalue weighted by atomic mass is 10.2. The van der Waals surface area contributed by atoms with E-state index in [9.17, 15) is 0 Å². The Bertz CT molecular complexity index is 455. The van der Waals surface area contributed by atoms with Gasteiger partial charge in [0.15, 0.2) is 0 Å². The van der Waals surface area contributed by atoms with E-state index in [2.05, 4.69) is 37.0 Å². The highest BCUT2D eigenvalue weighted by Gasteiger charge is 2.25. The summed E-state index contributed by atoms with van der Waals surface area (Å²) in [7, 11) is 3.82. The highest BCUT2D eigenvalue weighted by Crippen LogP contribution is 2.20. The predicted octanol–water partition coefficient (Wildman–Crippen LogP) is 1.23. The molecule has 0 aromatic carbocycles. The molecule has 1 aliphatic heterocycles. The van der Waals surface area contributed by atoms with Crippen LogP contribution in [0.3, 0.4) is 0 Å². The largest absolute Gasteiger partial charge is 0.464 e. The first-order chi connectivity index (χ1) is 10.2. The zero-order valence-electron chi connectivity index (χ0n) is 13.5. The molecule has 0 bridgehead atoms. The standard InChI is InChI=1S/C14H26N6O/c1-5-20-9-7-8-11(20)10-19(4)13-16-12(15-3)17-14(18-13)21-6-2/h11H,5-10H2,1-4H3,(H,15,16,17,18). The number of rotatable bonds is 7. The van der Waals surface area contributed by atoms with E-state index in [0.717, 1.165) is 13.1 Å². The van der Waals surface area contributed by atoms with Crippen LogP contribution in [0.25, 0.3) is 0 Å². The summed E-state index contributed by atoms with van der Waals surface area (Å²) in [5.41, 5.74) is 0. The molecule has 1 aromatic heterocycles. The van der Waals surface area contributed by atoms with Crippen LogP contribution in [-0.4, -0.2) is 66.2 Å². The first-order valence-electron chi connectivity index (χ1n) is 7.69. The third-order valence-electron chi connectivity index (χ3n) is 3.83.